The Morgan fingerprint density at radius 3 is 2.90 bits per heavy atom. The molecule has 0 radical (unpaired) electrons. The highest BCUT2D eigenvalue weighted by Gasteiger charge is 2.15. The maximum atomic E-state index is 11.6. The summed E-state index contributed by atoms with van der Waals surface area (Å²) in [6.07, 6.45) is 0. The summed E-state index contributed by atoms with van der Waals surface area (Å²) >= 11 is 1.37. The number of nitrogens with zero attached hydrogens (tertiary/aromatic N) is 1. The highest BCUT2D eigenvalue weighted by molar-refractivity contribution is 7.14. The first kappa shape index (κ1) is 14.3. The quantitative estimate of drug-likeness (QED) is 0.628. The summed E-state index contributed by atoms with van der Waals surface area (Å²) in [6.45, 7) is 3.20. The van der Waals surface area contributed by atoms with Crippen LogP contribution in [0.1, 0.15) is 17.4 Å². The molecule has 2 rings (SSSR count). The molecule has 0 atom stereocenters. The minimum atomic E-state index is -0.403. The minimum absolute atomic E-state index is 0.330. The molecule has 1 heterocycles. The molecule has 1 aromatic heterocycles. The molecule has 6 heteroatoms. The van der Waals surface area contributed by atoms with Crippen LogP contribution in [-0.4, -0.2) is 30.7 Å². The monoisotopic (exact) mass is 292 g/mol. The van der Waals surface area contributed by atoms with Gasteiger partial charge in [-0.3, -0.25) is 0 Å². The normalized spacial score (nSPS) is 10.1. The number of thiazole rings is 1. The summed E-state index contributed by atoms with van der Waals surface area (Å²) in [6, 6.07) is 9.58. The van der Waals surface area contributed by atoms with Crippen LogP contribution in [0.3, 0.4) is 0 Å². The zero-order chi connectivity index (χ0) is 14.2. The number of carbonyl (C=O) groups is 1. The lowest BCUT2D eigenvalue weighted by Crippen LogP contribution is -2.14. The fraction of sp³-hybridized carbons (Fsp3) is 0.286. The molecule has 0 amide bonds. The first-order chi connectivity index (χ1) is 9.81. The molecule has 1 aromatic carbocycles. The van der Waals surface area contributed by atoms with Gasteiger partial charge >= 0.3 is 5.97 Å². The van der Waals surface area contributed by atoms with Crippen molar-refractivity contribution in [3.8, 4) is 5.75 Å². The molecule has 0 aliphatic rings. The number of benzene rings is 1. The Hall–Kier alpha value is -2.08. The van der Waals surface area contributed by atoms with E-state index >= 15 is 0 Å². The molecule has 0 bridgehead atoms. The van der Waals surface area contributed by atoms with E-state index in [-0.39, 0.29) is 0 Å². The maximum Gasteiger partial charge on any atom is 0.360 e. The van der Waals surface area contributed by atoms with E-state index in [4.69, 9.17) is 9.47 Å². The third kappa shape index (κ3) is 3.96. The van der Waals surface area contributed by atoms with Crippen LogP contribution < -0.4 is 10.1 Å². The van der Waals surface area contributed by atoms with E-state index in [0.29, 0.717) is 30.5 Å². The summed E-state index contributed by atoms with van der Waals surface area (Å²) in [5.74, 6) is 0.421. The Balaban J connectivity index is 1.80. The highest BCUT2D eigenvalue weighted by atomic mass is 32.1. The van der Waals surface area contributed by atoms with Gasteiger partial charge in [0.15, 0.2) is 5.69 Å². The van der Waals surface area contributed by atoms with E-state index in [2.05, 4.69) is 10.3 Å². The fourth-order valence-electron chi connectivity index (χ4n) is 1.57. The number of aromatic nitrogens is 1. The summed E-state index contributed by atoms with van der Waals surface area (Å²) in [5, 5.41) is 3.84. The van der Waals surface area contributed by atoms with Crippen molar-refractivity contribution in [3.63, 3.8) is 0 Å². The van der Waals surface area contributed by atoms with Crippen LogP contribution in [0.25, 0.3) is 0 Å². The summed E-state index contributed by atoms with van der Waals surface area (Å²) in [7, 11) is 0. The van der Waals surface area contributed by atoms with Crippen molar-refractivity contribution < 1.29 is 14.3 Å². The van der Waals surface area contributed by atoms with Crippen molar-refractivity contribution in [1.82, 2.24) is 4.98 Å². The molecule has 20 heavy (non-hydrogen) atoms. The SMILES string of the molecule is CCOC(=O)c1ncsc1NCCOc1ccccc1. The van der Waals surface area contributed by atoms with Gasteiger partial charge in [0.05, 0.1) is 12.1 Å². The van der Waals surface area contributed by atoms with Gasteiger partial charge in [0, 0.05) is 6.54 Å². The van der Waals surface area contributed by atoms with Crippen molar-refractivity contribution in [3.05, 3.63) is 41.5 Å². The lowest BCUT2D eigenvalue weighted by atomic mass is 10.3. The van der Waals surface area contributed by atoms with Gasteiger partial charge in [-0.15, -0.1) is 11.3 Å². The van der Waals surface area contributed by atoms with E-state index in [0.717, 1.165) is 5.75 Å². The van der Waals surface area contributed by atoms with Gasteiger partial charge in [0.1, 0.15) is 17.4 Å². The Kier molecular flexibility index (Phi) is 5.37. The fourth-order valence-corrected chi connectivity index (χ4v) is 2.26. The molecule has 0 aliphatic carbocycles. The average molecular weight is 292 g/mol. The molecular weight excluding hydrogens is 276 g/mol. The Morgan fingerprint density at radius 1 is 1.35 bits per heavy atom. The summed E-state index contributed by atoms with van der Waals surface area (Å²) < 4.78 is 10.5. The van der Waals surface area contributed by atoms with Crippen LogP contribution in [0, 0.1) is 0 Å². The zero-order valence-electron chi connectivity index (χ0n) is 11.2. The van der Waals surface area contributed by atoms with Crippen LogP contribution in [0.4, 0.5) is 5.00 Å². The molecule has 106 valence electrons. The Labute approximate surface area is 121 Å². The number of rotatable bonds is 7. The van der Waals surface area contributed by atoms with Crippen molar-refractivity contribution in [2.45, 2.75) is 6.92 Å². The number of hydrogen-bond donors (Lipinski definition) is 1. The average Bonchev–Trinajstić information content (AvgIpc) is 2.93. The lowest BCUT2D eigenvalue weighted by molar-refractivity contribution is 0.0521. The molecule has 2 aromatic rings. The topological polar surface area (TPSA) is 60.5 Å². The summed E-state index contributed by atoms with van der Waals surface area (Å²) in [4.78, 5) is 15.6. The molecule has 5 nitrogen and oxygen atoms in total. The Bertz CT molecular complexity index is 542. The first-order valence-electron chi connectivity index (χ1n) is 6.33. The Morgan fingerprint density at radius 2 is 2.15 bits per heavy atom. The number of nitrogens with one attached hydrogen (secondary N) is 1. The number of anilines is 1. The number of ether oxygens (including phenoxy) is 2. The van der Waals surface area contributed by atoms with Gasteiger partial charge in [0.2, 0.25) is 0 Å². The van der Waals surface area contributed by atoms with E-state index < -0.39 is 5.97 Å². The smallest absolute Gasteiger partial charge is 0.360 e. The second-order valence-electron chi connectivity index (χ2n) is 3.84. The van der Waals surface area contributed by atoms with Crippen molar-refractivity contribution in [1.29, 1.82) is 0 Å². The third-order valence-corrected chi connectivity index (χ3v) is 3.22. The van der Waals surface area contributed by atoms with Gasteiger partial charge in [-0.1, -0.05) is 18.2 Å². The standard InChI is InChI=1S/C14H16N2O3S/c1-2-18-14(17)12-13(20-10-16-12)15-8-9-19-11-6-4-3-5-7-11/h3-7,10,15H,2,8-9H2,1H3. The van der Waals surface area contributed by atoms with Crippen LogP contribution in [0.15, 0.2) is 35.8 Å². The van der Waals surface area contributed by atoms with Gasteiger partial charge in [-0.25, -0.2) is 9.78 Å². The van der Waals surface area contributed by atoms with Gasteiger partial charge in [-0.05, 0) is 19.1 Å². The van der Waals surface area contributed by atoms with E-state index in [9.17, 15) is 4.79 Å². The first-order valence-corrected chi connectivity index (χ1v) is 7.21. The van der Waals surface area contributed by atoms with Crippen molar-refractivity contribution in [2.24, 2.45) is 0 Å². The van der Waals surface area contributed by atoms with Gasteiger partial charge in [-0.2, -0.15) is 0 Å². The number of hydrogen-bond acceptors (Lipinski definition) is 6. The molecular formula is C14H16N2O3S. The highest BCUT2D eigenvalue weighted by Crippen LogP contribution is 2.20. The molecule has 0 saturated heterocycles. The molecule has 0 unspecified atom stereocenters. The van der Waals surface area contributed by atoms with Crippen LogP contribution in [-0.2, 0) is 4.74 Å². The van der Waals surface area contributed by atoms with E-state index in [1.165, 1.54) is 11.3 Å². The predicted molar refractivity (Wildman–Crippen MR) is 78.5 cm³/mol. The molecule has 0 spiro atoms. The number of para-hydroxylation sites is 1. The third-order valence-electron chi connectivity index (χ3n) is 2.44. The zero-order valence-corrected chi connectivity index (χ0v) is 12.0. The summed E-state index contributed by atoms with van der Waals surface area (Å²) in [5.41, 5.74) is 1.95. The molecule has 0 fully saturated rings. The number of carbonyl (C=O) groups excluding carboxylic acids is 1. The van der Waals surface area contributed by atoms with Crippen molar-refractivity contribution >= 4 is 22.3 Å². The van der Waals surface area contributed by atoms with Gasteiger partial charge < -0.3 is 14.8 Å². The second kappa shape index (κ2) is 7.49. The largest absolute Gasteiger partial charge is 0.492 e. The van der Waals surface area contributed by atoms with Crippen LogP contribution in [0.2, 0.25) is 0 Å². The van der Waals surface area contributed by atoms with Crippen LogP contribution >= 0.6 is 11.3 Å². The van der Waals surface area contributed by atoms with E-state index in [1.807, 2.05) is 30.3 Å². The minimum Gasteiger partial charge on any atom is -0.492 e. The predicted octanol–water partition coefficient (Wildman–Crippen LogP) is 2.81. The molecule has 0 aliphatic heterocycles. The molecule has 1 N–H and O–H groups in total. The molecule has 0 saturated carbocycles. The maximum absolute atomic E-state index is 11.6. The van der Waals surface area contributed by atoms with Gasteiger partial charge in [0.25, 0.3) is 0 Å². The number of esters is 1. The van der Waals surface area contributed by atoms with Crippen molar-refractivity contribution in [2.75, 3.05) is 25.1 Å². The van der Waals surface area contributed by atoms with E-state index in [1.54, 1.807) is 12.4 Å². The lowest BCUT2D eigenvalue weighted by Gasteiger charge is -2.08. The second-order valence-corrected chi connectivity index (χ2v) is 4.69. The van der Waals surface area contributed by atoms with Crippen LogP contribution in [0.5, 0.6) is 5.75 Å².